The second kappa shape index (κ2) is 5.70. The fraction of sp³-hybridized carbons (Fsp3) is 0.375. The van der Waals surface area contributed by atoms with Gasteiger partial charge in [-0.15, -0.1) is 11.3 Å². The molecule has 2 aromatic rings. The molecule has 1 aliphatic rings. The fourth-order valence-corrected chi connectivity index (χ4v) is 4.92. The predicted octanol–water partition coefficient (Wildman–Crippen LogP) is 4.09. The summed E-state index contributed by atoms with van der Waals surface area (Å²) in [5.74, 6) is 2.43. The van der Waals surface area contributed by atoms with Gasteiger partial charge in [-0.25, -0.2) is 0 Å². The van der Waals surface area contributed by atoms with Gasteiger partial charge >= 0.3 is 0 Å². The molecule has 1 aromatic carbocycles. The summed E-state index contributed by atoms with van der Waals surface area (Å²) in [6, 6.07) is 11.2. The molecule has 0 aliphatic carbocycles. The molecule has 1 nitrogen and oxygen atoms in total. The maximum absolute atomic E-state index is 6.39. The van der Waals surface area contributed by atoms with E-state index in [1.54, 1.807) is 4.88 Å². The Morgan fingerprint density at radius 1 is 1.32 bits per heavy atom. The van der Waals surface area contributed by atoms with Crippen LogP contribution in [0, 0.1) is 6.92 Å². The molecule has 100 valence electrons. The Kier molecular flexibility index (Phi) is 3.96. The minimum atomic E-state index is 0.141. The van der Waals surface area contributed by atoms with Gasteiger partial charge in [-0.1, -0.05) is 29.8 Å². The Morgan fingerprint density at radius 2 is 2.21 bits per heavy atom. The molecule has 3 rings (SSSR count). The number of fused-ring (bicyclic) bond motifs is 1. The molecule has 0 spiro atoms. The average molecular weight is 289 g/mol. The highest BCUT2D eigenvalue weighted by atomic mass is 32.2. The van der Waals surface area contributed by atoms with Crippen LogP contribution in [0.3, 0.4) is 0 Å². The molecule has 0 radical (unpaired) electrons. The zero-order chi connectivity index (χ0) is 13.2. The molecule has 0 bridgehead atoms. The monoisotopic (exact) mass is 289 g/mol. The van der Waals surface area contributed by atoms with Crippen LogP contribution >= 0.6 is 23.1 Å². The minimum Gasteiger partial charge on any atom is -0.323 e. The lowest BCUT2D eigenvalue weighted by Crippen LogP contribution is -2.11. The molecular weight excluding hydrogens is 270 g/mol. The molecule has 1 aliphatic heterocycles. The Bertz CT molecular complexity index is 550. The van der Waals surface area contributed by atoms with Crippen LogP contribution in [0.25, 0.3) is 0 Å². The lowest BCUT2D eigenvalue weighted by atomic mass is 10.0. The van der Waals surface area contributed by atoms with Gasteiger partial charge in [-0.05, 0) is 42.7 Å². The van der Waals surface area contributed by atoms with Crippen molar-refractivity contribution in [3.63, 3.8) is 0 Å². The summed E-state index contributed by atoms with van der Waals surface area (Å²) in [7, 11) is 0. The van der Waals surface area contributed by atoms with Gasteiger partial charge in [-0.3, -0.25) is 0 Å². The van der Waals surface area contributed by atoms with E-state index in [1.165, 1.54) is 39.5 Å². The highest BCUT2D eigenvalue weighted by Crippen LogP contribution is 2.34. The van der Waals surface area contributed by atoms with E-state index in [1.807, 2.05) is 23.1 Å². The van der Waals surface area contributed by atoms with Crippen molar-refractivity contribution in [2.45, 2.75) is 31.6 Å². The molecule has 2 N–H and O–H groups in total. The average Bonchev–Trinajstić information content (AvgIpc) is 2.82. The van der Waals surface area contributed by atoms with Gasteiger partial charge in [0, 0.05) is 21.5 Å². The van der Waals surface area contributed by atoms with Crippen LogP contribution in [0.2, 0.25) is 0 Å². The van der Waals surface area contributed by atoms with Crippen molar-refractivity contribution < 1.29 is 0 Å². The summed E-state index contributed by atoms with van der Waals surface area (Å²) in [5.41, 5.74) is 10.6. The second-order valence-corrected chi connectivity index (χ2v) is 7.47. The van der Waals surface area contributed by atoms with E-state index in [9.17, 15) is 0 Å². The standard InChI is InChI=1S/C16H19NS2/c1-11-3-2-4-12(7-11)8-14(17)16-9-13-10-18-6-5-15(13)19-16/h2-4,7,9,14H,5-6,8,10,17H2,1H3. The summed E-state index contributed by atoms with van der Waals surface area (Å²) in [5, 5.41) is 0. The van der Waals surface area contributed by atoms with Crippen molar-refractivity contribution in [3.05, 3.63) is 56.8 Å². The summed E-state index contributed by atoms with van der Waals surface area (Å²) >= 11 is 3.96. The van der Waals surface area contributed by atoms with E-state index in [0.29, 0.717) is 0 Å². The van der Waals surface area contributed by atoms with Gasteiger partial charge in [0.25, 0.3) is 0 Å². The molecule has 0 saturated carbocycles. The van der Waals surface area contributed by atoms with Crippen molar-refractivity contribution in [3.8, 4) is 0 Å². The molecule has 1 aromatic heterocycles. The van der Waals surface area contributed by atoms with Gasteiger partial charge in [0.1, 0.15) is 0 Å². The molecule has 19 heavy (non-hydrogen) atoms. The molecule has 0 fully saturated rings. The lowest BCUT2D eigenvalue weighted by Gasteiger charge is -2.10. The summed E-state index contributed by atoms with van der Waals surface area (Å²) < 4.78 is 0. The zero-order valence-electron chi connectivity index (χ0n) is 11.2. The van der Waals surface area contributed by atoms with Crippen molar-refractivity contribution in [1.82, 2.24) is 0 Å². The number of rotatable bonds is 3. The molecule has 3 heteroatoms. The largest absolute Gasteiger partial charge is 0.323 e. The van der Waals surface area contributed by atoms with Gasteiger partial charge in [0.15, 0.2) is 0 Å². The molecule has 0 saturated heterocycles. The Hall–Kier alpha value is -0.770. The zero-order valence-corrected chi connectivity index (χ0v) is 12.8. The first kappa shape index (κ1) is 13.2. The summed E-state index contributed by atoms with van der Waals surface area (Å²) in [6.07, 6.45) is 2.16. The summed E-state index contributed by atoms with van der Waals surface area (Å²) in [4.78, 5) is 2.92. The van der Waals surface area contributed by atoms with Crippen LogP contribution in [0.15, 0.2) is 30.3 Å². The highest BCUT2D eigenvalue weighted by molar-refractivity contribution is 7.98. The maximum atomic E-state index is 6.39. The normalized spacial score (nSPS) is 16.1. The van der Waals surface area contributed by atoms with Gasteiger partial charge in [-0.2, -0.15) is 11.8 Å². The number of thioether (sulfide) groups is 1. The Morgan fingerprint density at radius 3 is 3.00 bits per heavy atom. The topological polar surface area (TPSA) is 26.0 Å². The number of aryl methyl sites for hydroxylation is 2. The van der Waals surface area contributed by atoms with Crippen molar-refractivity contribution in [1.29, 1.82) is 0 Å². The molecular formula is C16H19NS2. The van der Waals surface area contributed by atoms with E-state index < -0.39 is 0 Å². The first-order valence-corrected chi connectivity index (χ1v) is 8.70. The number of nitrogens with two attached hydrogens (primary N) is 1. The van der Waals surface area contributed by atoms with Crippen LogP contribution in [0.1, 0.15) is 32.5 Å². The lowest BCUT2D eigenvalue weighted by molar-refractivity contribution is 0.735. The quantitative estimate of drug-likeness (QED) is 0.921. The first-order valence-electron chi connectivity index (χ1n) is 6.73. The minimum absolute atomic E-state index is 0.141. The smallest absolute Gasteiger partial charge is 0.0430 e. The third-order valence-electron chi connectivity index (χ3n) is 3.55. The number of hydrogen-bond acceptors (Lipinski definition) is 3. The van der Waals surface area contributed by atoms with Crippen LogP contribution < -0.4 is 5.73 Å². The number of benzene rings is 1. The van der Waals surface area contributed by atoms with E-state index >= 15 is 0 Å². The molecule has 2 heterocycles. The Labute approximate surface area is 123 Å². The van der Waals surface area contributed by atoms with E-state index in [-0.39, 0.29) is 6.04 Å². The van der Waals surface area contributed by atoms with E-state index in [4.69, 9.17) is 5.73 Å². The second-order valence-electron chi connectivity index (χ2n) is 5.20. The number of thiophene rings is 1. The van der Waals surface area contributed by atoms with Gasteiger partial charge in [0.05, 0.1) is 0 Å². The van der Waals surface area contributed by atoms with E-state index in [0.717, 1.165) is 6.42 Å². The van der Waals surface area contributed by atoms with Crippen molar-refractivity contribution in [2.24, 2.45) is 5.73 Å². The van der Waals surface area contributed by atoms with Crippen molar-refractivity contribution in [2.75, 3.05) is 5.75 Å². The van der Waals surface area contributed by atoms with Gasteiger partial charge < -0.3 is 5.73 Å². The molecule has 0 amide bonds. The van der Waals surface area contributed by atoms with Crippen LogP contribution in [-0.2, 0) is 18.6 Å². The first-order chi connectivity index (χ1) is 9.22. The fourth-order valence-electron chi connectivity index (χ4n) is 2.55. The Balaban J connectivity index is 1.76. The van der Waals surface area contributed by atoms with Crippen LogP contribution in [-0.4, -0.2) is 5.75 Å². The molecule has 1 atom stereocenters. The van der Waals surface area contributed by atoms with Gasteiger partial charge in [0.2, 0.25) is 0 Å². The third kappa shape index (κ3) is 3.04. The predicted molar refractivity (Wildman–Crippen MR) is 86.0 cm³/mol. The maximum Gasteiger partial charge on any atom is 0.0430 e. The van der Waals surface area contributed by atoms with E-state index in [2.05, 4.69) is 37.3 Å². The van der Waals surface area contributed by atoms with Crippen molar-refractivity contribution >= 4 is 23.1 Å². The summed E-state index contributed by atoms with van der Waals surface area (Å²) in [6.45, 7) is 2.14. The SMILES string of the molecule is Cc1cccc(CC(N)c2cc3c(s2)CCSC3)c1. The highest BCUT2D eigenvalue weighted by Gasteiger charge is 2.17. The third-order valence-corrected chi connectivity index (χ3v) is 5.93. The van der Waals surface area contributed by atoms with Crippen LogP contribution in [0.5, 0.6) is 0 Å². The van der Waals surface area contributed by atoms with Crippen LogP contribution in [0.4, 0.5) is 0 Å². The molecule has 1 unspecified atom stereocenters. The number of hydrogen-bond donors (Lipinski definition) is 1.